The maximum Gasteiger partial charge on any atom is 0.166 e. The van der Waals surface area contributed by atoms with Crippen LogP contribution in [0, 0.1) is 28.6 Å². The summed E-state index contributed by atoms with van der Waals surface area (Å²) in [6.07, 6.45) is 1.59. The minimum Gasteiger partial charge on any atom is -0.457 e. The van der Waals surface area contributed by atoms with Crippen LogP contribution in [0.2, 0.25) is 0 Å². The molecule has 1 aliphatic heterocycles. The van der Waals surface area contributed by atoms with Crippen molar-refractivity contribution in [2.24, 2.45) is 5.92 Å². The van der Waals surface area contributed by atoms with Crippen LogP contribution in [0.3, 0.4) is 0 Å². The quantitative estimate of drug-likeness (QED) is 0.548. The topological polar surface area (TPSA) is 95.1 Å². The fourth-order valence-electron chi connectivity index (χ4n) is 3.62. The number of Topliss-reactive ketones (excluding diaryl/α,β-unsaturated/α-hetero) is 1. The molecule has 0 atom stereocenters. The number of hydrogen-bond acceptors (Lipinski definition) is 6. The Hall–Kier alpha value is -4.13. The van der Waals surface area contributed by atoms with Gasteiger partial charge in [0.05, 0.1) is 23.3 Å². The zero-order valence-corrected chi connectivity index (χ0v) is 17.4. The van der Waals surface area contributed by atoms with Gasteiger partial charge in [-0.2, -0.15) is 10.5 Å². The first-order chi connectivity index (χ1) is 15.6. The lowest BCUT2D eigenvalue weighted by Gasteiger charge is -2.22. The van der Waals surface area contributed by atoms with Gasteiger partial charge in [-0.15, -0.1) is 0 Å². The fourth-order valence-corrected chi connectivity index (χ4v) is 3.62. The second-order valence-corrected chi connectivity index (χ2v) is 7.56. The number of carbonyl (C=O) groups excluding carboxylic acids is 1. The van der Waals surface area contributed by atoms with Crippen LogP contribution < -0.4 is 14.8 Å². The third-order valence-corrected chi connectivity index (χ3v) is 5.31. The summed E-state index contributed by atoms with van der Waals surface area (Å²) in [4.78, 5) is 13.2. The van der Waals surface area contributed by atoms with Gasteiger partial charge in [0, 0.05) is 17.5 Å². The lowest BCUT2D eigenvalue weighted by molar-refractivity contribution is 0.0894. The smallest absolute Gasteiger partial charge is 0.166 e. The second-order valence-electron chi connectivity index (χ2n) is 7.56. The van der Waals surface area contributed by atoms with Crippen LogP contribution in [0.4, 0.5) is 0 Å². The third-order valence-electron chi connectivity index (χ3n) is 5.31. The van der Waals surface area contributed by atoms with Gasteiger partial charge in [-0.3, -0.25) is 4.79 Å². The first-order valence-corrected chi connectivity index (χ1v) is 10.4. The summed E-state index contributed by atoms with van der Waals surface area (Å²) in [6.45, 7) is 1.65. The van der Waals surface area contributed by atoms with Gasteiger partial charge in [0.2, 0.25) is 0 Å². The molecule has 0 aliphatic carbocycles. The number of carbonyl (C=O) groups is 1. The second kappa shape index (κ2) is 9.78. The van der Waals surface area contributed by atoms with E-state index in [4.69, 9.17) is 20.0 Å². The molecule has 1 aliphatic rings. The number of nitrogens with zero attached hydrogens (tertiary/aromatic N) is 2. The molecule has 0 saturated carbocycles. The molecule has 3 aromatic rings. The SMILES string of the molecule is N#Cc1ccc(Oc2cc(Oc3ccc(C#N)cc3)cc(C(=O)C3CCNCC3)c2)cc1. The van der Waals surface area contributed by atoms with Gasteiger partial charge >= 0.3 is 0 Å². The monoisotopic (exact) mass is 423 g/mol. The first-order valence-electron chi connectivity index (χ1n) is 10.4. The van der Waals surface area contributed by atoms with E-state index in [0.717, 1.165) is 25.9 Å². The average Bonchev–Trinajstić information content (AvgIpc) is 2.85. The maximum atomic E-state index is 13.2. The lowest BCUT2D eigenvalue weighted by Crippen LogP contribution is -2.31. The molecule has 6 nitrogen and oxygen atoms in total. The summed E-state index contributed by atoms with van der Waals surface area (Å²) in [6, 6.07) is 22.9. The van der Waals surface area contributed by atoms with E-state index in [1.807, 2.05) is 0 Å². The van der Waals surface area contributed by atoms with Crippen molar-refractivity contribution in [3.8, 4) is 35.1 Å². The van der Waals surface area contributed by atoms with Crippen molar-refractivity contribution in [1.82, 2.24) is 5.32 Å². The Bertz CT molecular complexity index is 1110. The Morgan fingerprint density at radius 2 is 1.22 bits per heavy atom. The number of ketones is 1. The highest BCUT2D eigenvalue weighted by Gasteiger charge is 2.23. The zero-order chi connectivity index (χ0) is 22.3. The molecule has 0 unspecified atom stereocenters. The van der Waals surface area contributed by atoms with Crippen molar-refractivity contribution in [3.05, 3.63) is 83.4 Å². The molecular formula is C26H21N3O3. The molecule has 0 spiro atoms. The van der Waals surface area contributed by atoms with Crippen molar-refractivity contribution in [1.29, 1.82) is 10.5 Å². The minimum absolute atomic E-state index is 0.0378. The number of hydrogen-bond donors (Lipinski definition) is 1. The third kappa shape index (κ3) is 5.13. The van der Waals surface area contributed by atoms with E-state index >= 15 is 0 Å². The highest BCUT2D eigenvalue weighted by molar-refractivity contribution is 5.98. The summed E-state index contributed by atoms with van der Waals surface area (Å²) in [7, 11) is 0. The molecular weight excluding hydrogens is 402 g/mol. The molecule has 0 aromatic heterocycles. The molecule has 0 bridgehead atoms. The predicted molar refractivity (Wildman–Crippen MR) is 119 cm³/mol. The number of ether oxygens (including phenoxy) is 2. The van der Waals surface area contributed by atoms with E-state index in [9.17, 15) is 4.79 Å². The largest absolute Gasteiger partial charge is 0.457 e. The van der Waals surface area contributed by atoms with E-state index in [-0.39, 0.29) is 11.7 Å². The molecule has 0 radical (unpaired) electrons. The van der Waals surface area contributed by atoms with Gasteiger partial charge in [-0.05, 0) is 86.6 Å². The Morgan fingerprint density at radius 3 is 1.66 bits per heavy atom. The van der Waals surface area contributed by atoms with Gasteiger partial charge in [0.15, 0.2) is 5.78 Å². The number of piperidine rings is 1. The van der Waals surface area contributed by atoms with E-state index in [0.29, 0.717) is 39.7 Å². The molecule has 0 amide bonds. The van der Waals surface area contributed by atoms with Crippen LogP contribution in [0.15, 0.2) is 66.7 Å². The summed E-state index contributed by atoms with van der Waals surface area (Å²) in [5.41, 5.74) is 1.61. The van der Waals surface area contributed by atoms with Gasteiger partial charge in [0.1, 0.15) is 23.0 Å². The molecule has 4 rings (SSSR count). The Kier molecular flexibility index (Phi) is 6.46. The summed E-state index contributed by atoms with van der Waals surface area (Å²) in [5.74, 6) is 2.08. The van der Waals surface area contributed by atoms with Crippen LogP contribution in [-0.2, 0) is 0 Å². The Labute approximate surface area is 186 Å². The van der Waals surface area contributed by atoms with Crippen molar-refractivity contribution in [3.63, 3.8) is 0 Å². The maximum absolute atomic E-state index is 13.2. The predicted octanol–water partition coefficient (Wildman–Crippen LogP) is 5.20. The number of benzene rings is 3. The molecule has 1 N–H and O–H groups in total. The summed E-state index contributed by atoms with van der Waals surface area (Å²) < 4.78 is 11.9. The molecule has 3 aromatic carbocycles. The van der Waals surface area contributed by atoms with E-state index in [1.54, 1.807) is 66.7 Å². The van der Waals surface area contributed by atoms with Crippen LogP contribution >= 0.6 is 0 Å². The van der Waals surface area contributed by atoms with Crippen molar-refractivity contribution in [2.45, 2.75) is 12.8 Å². The lowest BCUT2D eigenvalue weighted by atomic mass is 9.89. The standard InChI is InChI=1S/C26H21N3O3/c27-16-18-1-5-22(6-2-18)31-24-13-21(26(30)20-9-11-29-12-10-20)14-25(15-24)32-23-7-3-19(17-28)4-8-23/h1-8,13-15,20,29H,9-12H2. The van der Waals surface area contributed by atoms with Crippen LogP contribution in [0.5, 0.6) is 23.0 Å². The number of nitrogens with one attached hydrogen (secondary N) is 1. The molecule has 1 heterocycles. The molecule has 32 heavy (non-hydrogen) atoms. The van der Waals surface area contributed by atoms with Crippen molar-refractivity contribution < 1.29 is 14.3 Å². The molecule has 1 saturated heterocycles. The number of nitriles is 2. The fraction of sp³-hybridized carbons (Fsp3) is 0.192. The number of rotatable bonds is 6. The van der Waals surface area contributed by atoms with E-state index in [2.05, 4.69) is 17.5 Å². The molecule has 158 valence electrons. The highest BCUT2D eigenvalue weighted by Crippen LogP contribution is 2.32. The molecule has 6 heteroatoms. The summed E-state index contributed by atoms with van der Waals surface area (Å²) >= 11 is 0. The Balaban J connectivity index is 1.64. The van der Waals surface area contributed by atoms with Crippen LogP contribution in [0.1, 0.15) is 34.3 Å². The minimum atomic E-state index is -0.0378. The summed E-state index contributed by atoms with van der Waals surface area (Å²) in [5, 5.41) is 21.2. The van der Waals surface area contributed by atoms with Crippen LogP contribution in [-0.4, -0.2) is 18.9 Å². The zero-order valence-electron chi connectivity index (χ0n) is 17.4. The average molecular weight is 423 g/mol. The van der Waals surface area contributed by atoms with Crippen LogP contribution in [0.25, 0.3) is 0 Å². The molecule has 1 fully saturated rings. The van der Waals surface area contributed by atoms with Gasteiger partial charge in [0.25, 0.3) is 0 Å². The van der Waals surface area contributed by atoms with Gasteiger partial charge in [-0.25, -0.2) is 0 Å². The first kappa shape index (κ1) is 21.1. The normalized spacial score (nSPS) is 13.6. The Morgan fingerprint density at radius 1 is 0.750 bits per heavy atom. The van der Waals surface area contributed by atoms with E-state index < -0.39 is 0 Å². The van der Waals surface area contributed by atoms with Gasteiger partial charge < -0.3 is 14.8 Å². The van der Waals surface area contributed by atoms with Gasteiger partial charge in [-0.1, -0.05) is 0 Å². The van der Waals surface area contributed by atoms with E-state index in [1.165, 1.54) is 0 Å². The van der Waals surface area contributed by atoms with Crippen molar-refractivity contribution >= 4 is 5.78 Å². The van der Waals surface area contributed by atoms with Crippen molar-refractivity contribution in [2.75, 3.05) is 13.1 Å². The highest BCUT2D eigenvalue weighted by atomic mass is 16.5.